The van der Waals surface area contributed by atoms with Gasteiger partial charge < -0.3 is 14.5 Å². The molecule has 0 aliphatic carbocycles. The topological polar surface area (TPSA) is 41.0 Å². The molecule has 1 unspecified atom stereocenters. The van der Waals surface area contributed by atoms with Gasteiger partial charge in [-0.1, -0.05) is 13.8 Å². The molecule has 0 saturated carbocycles. The number of rotatable bonds is 2. The first-order valence-electron chi connectivity index (χ1n) is 6.04. The molecule has 1 amide bonds. The molecule has 0 bridgehead atoms. The predicted molar refractivity (Wildman–Crippen MR) is 69.6 cm³/mol. The second-order valence-corrected chi connectivity index (χ2v) is 5.40. The number of nitrogens with one attached hydrogen (secondary N) is 1. The molecule has 17 heavy (non-hydrogen) atoms. The van der Waals surface area contributed by atoms with Gasteiger partial charge >= 0.3 is 0 Å². The Labute approximate surface area is 107 Å². The van der Waals surface area contributed by atoms with Crippen LogP contribution in [0.25, 0.3) is 0 Å². The van der Waals surface area contributed by atoms with E-state index in [2.05, 4.69) is 23.4 Å². The van der Waals surface area contributed by atoms with E-state index in [1.165, 1.54) is 5.69 Å². The molecule has 0 aromatic carbocycles. The van der Waals surface area contributed by atoms with Crippen molar-refractivity contribution in [1.82, 2.24) is 14.5 Å². The van der Waals surface area contributed by atoms with Crippen LogP contribution < -0.4 is 0 Å². The number of likely N-dealkylation sites (tertiary alicyclic amines) is 1. The van der Waals surface area contributed by atoms with E-state index in [0.717, 1.165) is 17.7 Å². The minimum atomic E-state index is 0.231. The van der Waals surface area contributed by atoms with E-state index in [1.54, 1.807) is 4.90 Å². The number of carbonyl (C=O) groups is 1. The zero-order valence-electron chi connectivity index (χ0n) is 10.6. The Balaban J connectivity index is 2.31. The van der Waals surface area contributed by atoms with Crippen molar-refractivity contribution in [2.45, 2.75) is 38.6 Å². The van der Waals surface area contributed by atoms with E-state index < -0.39 is 0 Å². The zero-order valence-corrected chi connectivity index (χ0v) is 11.4. The highest BCUT2D eigenvalue weighted by molar-refractivity contribution is 7.71. The van der Waals surface area contributed by atoms with Crippen LogP contribution in [-0.2, 0) is 4.79 Å². The van der Waals surface area contributed by atoms with Gasteiger partial charge in [-0.05, 0) is 24.6 Å². The summed E-state index contributed by atoms with van der Waals surface area (Å²) in [5.41, 5.74) is 1.22. The molecule has 2 heterocycles. The van der Waals surface area contributed by atoms with Crippen molar-refractivity contribution in [2.75, 3.05) is 13.6 Å². The van der Waals surface area contributed by atoms with Crippen molar-refractivity contribution < 1.29 is 4.79 Å². The smallest absolute Gasteiger partial charge is 0.222 e. The second-order valence-electron chi connectivity index (χ2n) is 5.01. The second kappa shape index (κ2) is 4.64. The van der Waals surface area contributed by atoms with Crippen LogP contribution in [0.5, 0.6) is 0 Å². The molecule has 5 heteroatoms. The van der Waals surface area contributed by atoms with Gasteiger partial charge in [0.05, 0.1) is 6.04 Å². The van der Waals surface area contributed by atoms with Crippen LogP contribution in [0.4, 0.5) is 0 Å². The van der Waals surface area contributed by atoms with Crippen molar-refractivity contribution in [3.8, 4) is 0 Å². The van der Waals surface area contributed by atoms with Gasteiger partial charge in [0.25, 0.3) is 0 Å². The molecule has 0 spiro atoms. The first kappa shape index (κ1) is 12.4. The molecule has 4 nitrogen and oxygen atoms in total. The van der Waals surface area contributed by atoms with Crippen LogP contribution in [-0.4, -0.2) is 34.0 Å². The van der Waals surface area contributed by atoms with Crippen LogP contribution in [0.1, 0.15) is 44.3 Å². The Morgan fingerprint density at radius 3 is 2.82 bits per heavy atom. The molecule has 1 N–H and O–H groups in total. The number of aromatic amines is 1. The number of likely N-dealkylation sites (N-methyl/N-ethyl adjacent to an activating group) is 1. The number of H-pyrrole nitrogens is 1. The number of amides is 1. The van der Waals surface area contributed by atoms with E-state index in [-0.39, 0.29) is 5.91 Å². The van der Waals surface area contributed by atoms with Gasteiger partial charge in [-0.25, -0.2) is 0 Å². The lowest BCUT2D eigenvalue weighted by Crippen LogP contribution is -2.38. The molecule has 1 aliphatic rings. The number of hydrogen-bond acceptors (Lipinski definition) is 2. The minimum Gasteiger partial charge on any atom is -0.344 e. The summed E-state index contributed by atoms with van der Waals surface area (Å²) in [4.78, 5) is 16.4. The van der Waals surface area contributed by atoms with Crippen LogP contribution in [0.15, 0.2) is 6.20 Å². The summed E-state index contributed by atoms with van der Waals surface area (Å²) >= 11 is 5.34. The highest BCUT2D eigenvalue weighted by atomic mass is 32.1. The van der Waals surface area contributed by atoms with E-state index in [4.69, 9.17) is 12.2 Å². The first-order valence-corrected chi connectivity index (χ1v) is 6.45. The molecular formula is C12H19N3OS. The quantitative estimate of drug-likeness (QED) is 0.823. The van der Waals surface area contributed by atoms with Crippen molar-refractivity contribution in [3.63, 3.8) is 0 Å². The Hall–Kier alpha value is -1.10. The summed E-state index contributed by atoms with van der Waals surface area (Å²) in [6.07, 6.45) is 3.49. The SMILES string of the molecule is CC(C)c1c[nH]c(=S)n1C1CCC(=O)N(C)C1. The monoisotopic (exact) mass is 253 g/mol. The lowest BCUT2D eigenvalue weighted by molar-refractivity contribution is -0.132. The van der Waals surface area contributed by atoms with E-state index in [9.17, 15) is 4.79 Å². The van der Waals surface area contributed by atoms with Gasteiger partial charge in [0.15, 0.2) is 4.77 Å². The van der Waals surface area contributed by atoms with Gasteiger partial charge in [0.1, 0.15) is 0 Å². The molecule has 0 radical (unpaired) electrons. The number of piperidine rings is 1. The molecule has 1 atom stereocenters. The molecule has 1 aliphatic heterocycles. The third-order valence-electron chi connectivity index (χ3n) is 3.40. The van der Waals surface area contributed by atoms with Crippen LogP contribution in [0.3, 0.4) is 0 Å². The van der Waals surface area contributed by atoms with Gasteiger partial charge in [0, 0.05) is 31.9 Å². The first-order chi connectivity index (χ1) is 8.00. The van der Waals surface area contributed by atoms with E-state index in [1.807, 2.05) is 13.2 Å². The number of imidazole rings is 1. The van der Waals surface area contributed by atoms with E-state index >= 15 is 0 Å². The summed E-state index contributed by atoms with van der Waals surface area (Å²) < 4.78 is 2.95. The van der Waals surface area contributed by atoms with Crippen LogP contribution >= 0.6 is 12.2 Å². The number of nitrogens with zero attached hydrogens (tertiary/aromatic N) is 2. The molecule has 2 rings (SSSR count). The Kier molecular flexibility index (Phi) is 3.38. The maximum absolute atomic E-state index is 11.5. The van der Waals surface area contributed by atoms with Crippen molar-refractivity contribution in [3.05, 3.63) is 16.7 Å². The third-order valence-corrected chi connectivity index (χ3v) is 3.71. The van der Waals surface area contributed by atoms with Crippen molar-refractivity contribution in [1.29, 1.82) is 0 Å². The summed E-state index contributed by atoms with van der Waals surface area (Å²) in [6.45, 7) is 5.07. The highest BCUT2D eigenvalue weighted by Crippen LogP contribution is 2.26. The maximum atomic E-state index is 11.5. The zero-order chi connectivity index (χ0) is 12.6. The number of carbonyl (C=O) groups excluding carboxylic acids is 1. The fourth-order valence-corrected chi connectivity index (χ4v) is 2.73. The number of hydrogen-bond donors (Lipinski definition) is 1. The highest BCUT2D eigenvalue weighted by Gasteiger charge is 2.26. The number of aromatic nitrogens is 2. The lowest BCUT2D eigenvalue weighted by atomic mass is 10.0. The van der Waals surface area contributed by atoms with Gasteiger partial charge in [-0.2, -0.15) is 0 Å². The van der Waals surface area contributed by atoms with Crippen LogP contribution in [0.2, 0.25) is 0 Å². The van der Waals surface area contributed by atoms with Gasteiger partial charge in [-0.3, -0.25) is 4.79 Å². The summed E-state index contributed by atoms with van der Waals surface area (Å²) in [6, 6.07) is 0.314. The predicted octanol–water partition coefficient (Wildman–Crippen LogP) is 2.46. The molecule has 1 saturated heterocycles. The summed E-state index contributed by atoms with van der Waals surface area (Å²) in [5, 5.41) is 0. The minimum absolute atomic E-state index is 0.231. The standard InChI is InChI=1S/C12H19N3OS/c1-8(2)10-6-13-12(17)15(10)9-4-5-11(16)14(3)7-9/h6,8-9H,4-5,7H2,1-3H3,(H,13,17). The van der Waals surface area contributed by atoms with E-state index in [0.29, 0.717) is 18.4 Å². The summed E-state index contributed by atoms with van der Waals surface area (Å²) in [5.74, 6) is 0.667. The molecule has 1 aromatic heterocycles. The van der Waals surface area contributed by atoms with Gasteiger partial charge in [-0.15, -0.1) is 0 Å². The Morgan fingerprint density at radius 1 is 1.53 bits per heavy atom. The van der Waals surface area contributed by atoms with Crippen molar-refractivity contribution in [2.24, 2.45) is 0 Å². The Morgan fingerprint density at radius 2 is 2.24 bits per heavy atom. The summed E-state index contributed by atoms with van der Waals surface area (Å²) in [7, 11) is 1.86. The molecular weight excluding hydrogens is 234 g/mol. The van der Waals surface area contributed by atoms with Crippen LogP contribution in [0, 0.1) is 4.77 Å². The van der Waals surface area contributed by atoms with Gasteiger partial charge in [0.2, 0.25) is 5.91 Å². The maximum Gasteiger partial charge on any atom is 0.222 e. The largest absolute Gasteiger partial charge is 0.344 e. The average molecular weight is 253 g/mol. The van der Waals surface area contributed by atoms with Crippen molar-refractivity contribution >= 4 is 18.1 Å². The lowest BCUT2D eigenvalue weighted by Gasteiger charge is -2.31. The third kappa shape index (κ3) is 2.29. The average Bonchev–Trinajstić information content (AvgIpc) is 2.64. The molecule has 94 valence electrons. The molecule has 1 fully saturated rings. The molecule has 1 aromatic rings. The fourth-order valence-electron chi connectivity index (χ4n) is 2.41. The Bertz CT molecular complexity index is 474. The fraction of sp³-hybridized carbons (Fsp3) is 0.667. The normalized spacial score (nSPS) is 21.3.